The normalized spacial score (nSPS) is 18.5. The molecular weight excluding hydrogens is 413 g/mol. The van der Waals surface area contributed by atoms with Crippen LogP contribution in [-0.2, 0) is 16.9 Å². The first-order chi connectivity index (χ1) is 14.7. The van der Waals surface area contributed by atoms with Crippen LogP contribution in [0.25, 0.3) is 0 Å². The molecule has 2 aromatic rings. The molecule has 166 valence electrons. The van der Waals surface area contributed by atoms with Gasteiger partial charge < -0.3 is 20.9 Å². The SMILES string of the molecule is CCCOc1cc(C2(c3ccc(OC(F)F)c(CN)c3)N=C(N)N(C)C2=O)ccc1F. The number of halogens is 3. The molecule has 0 saturated carbocycles. The Bertz CT molecular complexity index is 1020. The van der Waals surface area contributed by atoms with Gasteiger partial charge in [-0.15, -0.1) is 0 Å². The lowest BCUT2D eigenvalue weighted by molar-refractivity contribution is -0.129. The molecule has 0 saturated heterocycles. The highest BCUT2D eigenvalue weighted by Gasteiger charge is 2.50. The number of hydrogen-bond acceptors (Lipinski definition) is 6. The third kappa shape index (κ3) is 4.02. The van der Waals surface area contributed by atoms with E-state index in [9.17, 15) is 18.0 Å². The van der Waals surface area contributed by atoms with Gasteiger partial charge in [0, 0.05) is 19.2 Å². The lowest BCUT2D eigenvalue weighted by Gasteiger charge is -2.27. The van der Waals surface area contributed by atoms with Crippen LogP contribution in [0.5, 0.6) is 11.5 Å². The fraction of sp³-hybridized carbons (Fsp3) is 0.333. The molecule has 0 aliphatic carbocycles. The Kier molecular flexibility index (Phi) is 6.40. The van der Waals surface area contributed by atoms with Crippen LogP contribution in [0.3, 0.4) is 0 Å². The molecule has 0 aromatic heterocycles. The van der Waals surface area contributed by atoms with E-state index in [4.69, 9.17) is 16.2 Å². The number of alkyl halides is 2. The van der Waals surface area contributed by atoms with Crippen molar-refractivity contribution in [1.82, 2.24) is 4.90 Å². The number of aliphatic imine (C=N–C) groups is 1. The zero-order chi connectivity index (χ0) is 22.8. The van der Waals surface area contributed by atoms with Crippen LogP contribution in [0.1, 0.15) is 30.0 Å². The molecule has 31 heavy (non-hydrogen) atoms. The van der Waals surface area contributed by atoms with E-state index in [1.807, 2.05) is 6.92 Å². The number of nitrogens with zero attached hydrogens (tertiary/aromatic N) is 2. The lowest BCUT2D eigenvalue weighted by Crippen LogP contribution is -2.41. The molecule has 0 bridgehead atoms. The monoisotopic (exact) mass is 436 g/mol. The Hall–Kier alpha value is -3.27. The topological polar surface area (TPSA) is 103 Å². The minimum Gasteiger partial charge on any atom is -0.491 e. The molecule has 7 nitrogen and oxygen atoms in total. The average molecular weight is 436 g/mol. The summed E-state index contributed by atoms with van der Waals surface area (Å²) < 4.78 is 49.7. The van der Waals surface area contributed by atoms with E-state index in [0.29, 0.717) is 17.5 Å². The number of hydrogen-bond donors (Lipinski definition) is 2. The minimum atomic E-state index is -3.03. The van der Waals surface area contributed by atoms with E-state index in [0.717, 1.165) is 0 Å². The molecule has 10 heteroatoms. The van der Waals surface area contributed by atoms with Crippen molar-refractivity contribution >= 4 is 11.9 Å². The van der Waals surface area contributed by atoms with Gasteiger partial charge in [0.15, 0.2) is 23.1 Å². The van der Waals surface area contributed by atoms with E-state index >= 15 is 0 Å². The molecule has 1 aliphatic rings. The Morgan fingerprint density at radius 3 is 2.42 bits per heavy atom. The molecule has 1 aliphatic heterocycles. The molecule has 4 N–H and O–H groups in total. The van der Waals surface area contributed by atoms with Crippen molar-refractivity contribution in [2.75, 3.05) is 13.7 Å². The molecule has 1 heterocycles. The van der Waals surface area contributed by atoms with Gasteiger partial charge in [-0.1, -0.05) is 19.1 Å². The first kappa shape index (κ1) is 22.4. The lowest BCUT2D eigenvalue weighted by atomic mass is 9.82. The number of amides is 1. The van der Waals surface area contributed by atoms with E-state index in [1.54, 1.807) is 0 Å². The van der Waals surface area contributed by atoms with Gasteiger partial charge in [-0.25, -0.2) is 9.38 Å². The maximum Gasteiger partial charge on any atom is 0.387 e. The number of rotatable bonds is 8. The first-order valence-electron chi connectivity index (χ1n) is 9.59. The summed E-state index contributed by atoms with van der Waals surface area (Å²) in [6.07, 6.45) is 0.660. The maximum atomic E-state index is 14.3. The zero-order valence-corrected chi connectivity index (χ0v) is 17.1. The summed E-state index contributed by atoms with van der Waals surface area (Å²) in [5, 5.41) is 0. The van der Waals surface area contributed by atoms with E-state index in [-0.39, 0.29) is 36.2 Å². The number of likely N-dealkylation sites (N-methyl/N-ethyl adjacent to an activating group) is 1. The number of benzene rings is 2. The van der Waals surface area contributed by atoms with Gasteiger partial charge in [-0.05, 0) is 41.8 Å². The summed E-state index contributed by atoms with van der Waals surface area (Å²) in [7, 11) is 1.46. The number of guanidine groups is 1. The number of ether oxygens (including phenoxy) is 2. The smallest absolute Gasteiger partial charge is 0.387 e. The van der Waals surface area contributed by atoms with Crippen LogP contribution in [0, 0.1) is 5.82 Å². The van der Waals surface area contributed by atoms with Crippen LogP contribution < -0.4 is 20.9 Å². The van der Waals surface area contributed by atoms with Crippen molar-refractivity contribution in [3.8, 4) is 11.5 Å². The zero-order valence-electron chi connectivity index (χ0n) is 17.1. The van der Waals surface area contributed by atoms with Crippen molar-refractivity contribution in [1.29, 1.82) is 0 Å². The quantitative estimate of drug-likeness (QED) is 0.662. The van der Waals surface area contributed by atoms with Gasteiger partial charge in [0.1, 0.15) is 5.75 Å². The predicted octanol–water partition coefficient (Wildman–Crippen LogP) is 2.70. The Labute approximate surface area is 177 Å². The molecule has 1 amide bonds. The van der Waals surface area contributed by atoms with E-state index < -0.39 is 23.9 Å². The van der Waals surface area contributed by atoms with Crippen LogP contribution in [0.4, 0.5) is 13.2 Å². The average Bonchev–Trinajstić information content (AvgIpc) is 2.98. The summed E-state index contributed by atoms with van der Waals surface area (Å²) >= 11 is 0. The summed E-state index contributed by atoms with van der Waals surface area (Å²) in [4.78, 5) is 18.9. The molecular formula is C21H23F3N4O3. The van der Waals surface area contributed by atoms with Gasteiger partial charge in [0.2, 0.25) is 0 Å². The third-order valence-corrected chi connectivity index (χ3v) is 4.96. The van der Waals surface area contributed by atoms with Gasteiger partial charge >= 0.3 is 6.61 Å². The summed E-state index contributed by atoms with van der Waals surface area (Å²) in [5.41, 5.74) is 10.9. The van der Waals surface area contributed by atoms with Gasteiger partial charge in [0.25, 0.3) is 5.91 Å². The fourth-order valence-corrected chi connectivity index (χ4v) is 3.41. The van der Waals surface area contributed by atoms with Crippen LogP contribution in [0.2, 0.25) is 0 Å². The van der Waals surface area contributed by atoms with Crippen LogP contribution >= 0.6 is 0 Å². The molecule has 3 rings (SSSR count). The number of carbonyl (C=O) groups excluding carboxylic acids is 1. The second-order valence-corrected chi connectivity index (χ2v) is 6.94. The van der Waals surface area contributed by atoms with Gasteiger partial charge in [-0.3, -0.25) is 9.69 Å². The minimum absolute atomic E-state index is 0.0356. The molecule has 1 unspecified atom stereocenters. The molecule has 1 atom stereocenters. The highest BCUT2D eigenvalue weighted by Crippen LogP contribution is 2.42. The Balaban J connectivity index is 2.21. The number of nitrogens with two attached hydrogens (primary N) is 2. The summed E-state index contributed by atoms with van der Waals surface area (Å²) in [6.45, 7) is -0.998. The Morgan fingerprint density at radius 2 is 1.84 bits per heavy atom. The van der Waals surface area contributed by atoms with Gasteiger partial charge in [0.05, 0.1) is 6.61 Å². The van der Waals surface area contributed by atoms with Crippen molar-refractivity contribution in [2.24, 2.45) is 16.5 Å². The second kappa shape index (κ2) is 8.84. The second-order valence-electron chi connectivity index (χ2n) is 6.94. The highest BCUT2D eigenvalue weighted by molar-refractivity contribution is 6.09. The Morgan fingerprint density at radius 1 is 1.16 bits per heavy atom. The van der Waals surface area contributed by atoms with Crippen molar-refractivity contribution in [2.45, 2.75) is 32.0 Å². The van der Waals surface area contributed by atoms with E-state index in [1.165, 1.54) is 48.3 Å². The fourth-order valence-electron chi connectivity index (χ4n) is 3.41. The highest BCUT2D eigenvalue weighted by atomic mass is 19.3. The summed E-state index contributed by atoms with van der Waals surface area (Å²) in [6, 6.07) is 8.17. The van der Waals surface area contributed by atoms with Crippen molar-refractivity contribution < 1.29 is 27.4 Å². The van der Waals surface area contributed by atoms with Crippen molar-refractivity contribution in [3.63, 3.8) is 0 Å². The molecule has 0 radical (unpaired) electrons. The standard InChI is InChI=1S/C21H23F3N4O3/c1-3-8-30-17-10-14(4-6-15(17)22)21(18(29)28(2)20(26)27-21)13-5-7-16(31-19(23)24)12(9-13)11-25/h4-7,9-10,19H,3,8,11,25H2,1-2H3,(H2,26,27). The van der Waals surface area contributed by atoms with Crippen LogP contribution in [0.15, 0.2) is 41.4 Å². The molecule has 0 fully saturated rings. The van der Waals surface area contributed by atoms with Gasteiger partial charge in [-0.2, -0.15) is 8.78 Å². The van der Waals surface area contributed by atoms with Crippen LogP contribution in [-0.4, -0.2) is 37.0 Å². The largest absolute Gasteiger partial charge is 0.491 e. The predicted molar refractivity (Wildman–Crippen MR) is 108 cm³/mol. The number of carbonyl (C=O) groups is 1. The van der Waals surface area contributed by atoms with E-state index in [2.05, 4.69) is 9.73 Å². The summed E-state index contributed by atoms with van der Waals surface area (Å²) in [5.74, 6) is -1.28. The first-order valence-corrected chi connectivity index (χ1v) is 9.59. The maximum absolute atomic E-state index is 14.3. The van der Waals surface area contributed by atoms with Crippen molar-refractivity contribution in [3.05, 3.63) is 58.9 Å². The molecule has 0 spiro atoms. The molecule has 2 aromatic carbocycles. The third-order valence-electron chi connectivity index (χ3n) is 4.96.